The van der Waals surface area contributed by atoms with Crippen molar-refractivity contribution in [1.29, 1.82) is 0 Å². The predicted molar refractivity (Wildman–Crippen MR) is 95.3 cm³/mol. The summed E-state index contributed by atoms with van der Waals surface area (Å²) >= 11 is 1.38. The van der Waals surface area contributed by atoms with Gasteiger partial charge in [0, 0.05) is 30.5 Å². The summed E-state index contributed by atoms with van der Waals surface area (Å²) in [5.74, 6) is 1.71. The van der Waals surface area contributed by atoms with Crippen molar-refractivity contribution in [3.8, 4) is 0 Å². The smallest absolute Gasteiger partial charge is 0.245 e. The van der Waals surface area contributed by atoms with E-state index in [1.807, 2.05) is 11.0 Å². The van der Waals surface area contributed by atoms with E-state index in [4.69, 9.17) is 0 Å². The highest BCUT2D eigenvalue weighted by Crippen LogP contribution is 2.39. The molecule has 1 amide bonds. The van der Waals surface area contributed by atoms with E-state index in [2.05, 4.69) is 38.9 Å². The molecule has 1 N–H and O–H groups in total. The number of aryl methyl sites for hydroxylation is 1. The summed E-state index contributed by atoms with van der Waals surface area (Å²) in [4.78, 5) is 19.0. The van der Waals surface area contributed by atoms with Crippen LogP contribution in [0, 0.1) is 0 Å². The van der Waals surface area contributed by atoms with Crippen LogP contribution in [0.5, 0.6) is 0 Å². The molecule has 2 aliphatic rings. The normalized spacial score (nSPS) is 20.6. The summed E-state index contributed by atoms with van der Waals surface area (Å²) < 4.78 is 4.39. The van der Waals surface area contributed by atoms with Crippen molar-refractivity contribution in [2.75, 3.05) is 18.4 Å². The maximum atomic E-state index is 12.5. The van der Waals surface area contributed by atoms with E-state index in [0.717, 1.165) is 43.3 Å². The first-order valence-electron chi connectivity index (χ1n) is 8.72. The number of likely N-dealkylation sites (tertiary alicyclic amines) is 1. The second-order valence-corrected chi connectivity index (χ2v) is 7.38. The van der Waals surface area contributed by atoms with Gasteiger partial charge in [0.15, 0.2) is 0 Å². The Balaban J connectivity index is 1.26. The monoisotopic (exact) mass is 342 g/mol. The zero-order valence-corrected chi connectivity index (χ0v) is 14.5. The molecule has 0 spiro atoms. The molecule has 1 atom stereocenters. The molecule has 6 heteroatoms. The van der Waals surface area contributed by atoms with Gasteiger partial charge in [-0.2, -0.15) is 4.37 Å². The summed E-state index contributed by atoms with van der Waals surface area (Å²) in [6, 6.07) is 10.3. The van der Waals surface area contributed by atoms with Gasteiger partial charge in [-0.1, -0.05) is 30.3 Å². The van der Waals surface area contributed by atoms with Crippen LogP contribution >= 0.6 is 11.5 Å². The number of hydrogen-bond donors (Lipinski definition) is 1. The molecule has 1 aromatic carbocycles. The van der Waals surface area contributed by atoms with Gasteiger partial charge in [-0.15, -0.1) is 0 Å². The Morgan fingerprint density at radius 2 is 2.04 bits per heavy atom. The Bertz CT molecular complexity index is 698. The van der Waals surface area contributed by atoms with Crippen LogP contribution < -0.4 is 5.32 Å². The van der Waals surface area contributed by atoms with Gasteiger partial charge in [0.2, 0.25) is 11.0 Å². The lowest BCUT2D eigenvalue weighted by atomic mass is 10.1. The molecule has 126 valence electrons. The Morgan fingerprint density at radius 1 is 1.21 bits per heavy atom. The summed E-state index contributed by atoms with van der Waals surface area (Å²) in [5.41, 5.74) is 1.33. The number of anilines is 1. The van der Waals surface area contributed by atoms with Crippen molar-refractivity contribution in [3.05, 3.63) is 41.7 Å². The maximum Gasteiger partial charge on any atom is 0.245 e. The standard InChI is InChI=1S/C18H22N4OS/c23-17-15(19-18-20-16(21-24-18)14-8-9-14)10-12-22(17)11-4-7-13-5-2-1-3-6-13/h1-3,5-6,14-15H,4,7-12H2,(H,19,20,21). The summed E-state index contributed by atoms with van der Waals surface area (Å²) in [6.07, 6.45) is 5.28. The summed E-state index contributed by atoms with van der Waals surface area (Å²) in [7, 11) is 0. The molecule has 1 aliphatic carbocycles. The van der Waals surface area contributed by atoms with E-state index in [1.165, 1.54) is 29.9 Å². The van der Waals surface area contributed by atoms with Crippen molar-refractivity contribution < 1.29 is 4.79 Å². The molecule has 1 aromatic heterocycles. The Labute approximate surface area is 146 Å². The molecule has 1 aliphatic heterocycles. The van der Waals surface area contributed by atoms with Crippen molar-refractivity contribution in [2.24, 2.45) is 0 Å². The molecule has 1 saturated heterocycles. The largest absolute Gasteiger partial charge is 0.348 e. The number of nitrogens with zero attached hydrogens (tertiary/aromatic N) is 3. The molecular weight excluding hydrogens is 320 g/mol. The van der Waals surface area contributed by atoms with Crippen LogP contribution in [0.15, 0.2) is 30.3 Å². The fourth-order valence-corrected chi connectivity index (χ4v) is 3.86. The number of amides is 1. The minimum absolute atomic E-state index is 0.137. The first-order chi connectivity index (χ1) is 11.8. The molecule has 0 bridgehead atoms. The number of nitrogens with one attached hydrogen (secondary N) is 1. The van der Waals surface area contributed by atoms with Crippen LogP contribution in [0.25, 0.3) is 0 Å². The van der Waals surface area contributed by atoms with Crippen LogP contribution in [0.1, 0.15) is 43.0 Å². The molecule has 2 aromatic rings. The average Bonchev–Trinajstić information content (AvgIpc) is 3.27. The molecular formula is C18H22N4OS. The van der Waals surface area contributed by atoms with E-state index in [1.54, 1.807) is 0 Å². The minimum atomic E-state index is -0.137. The van der Waals surface area contributed by atoms with Gasteiger partial charge in [0.25, 0.3) is 0 Å². The zero-order valence-electron chi connectivity index (χ0n) is 13.6. The number of carbonyl (C=O) groups is 1. The number of rotatable bonds is 7. The van der Waals surface area contributed by atoms with E-state index < -0.39 is 0 Å². The first kappa shape index (κ1) is 15.6. The van der Waals surface area contributed by atoms with Gasteiger partial charge in [0.05, 0.1) is 0 Å². The highest BCUT2D eigenvalue weighted by Gasteiger charge is 2.33. The third-order valence-corrected chi connectivity index (χ3v) is 5.38. The van der Waals surface area contributed by atoms with Crippen LogP contribution in [0.4, 0.5) is 5.13 Å². The number of aromatic nitrogens is 2. The summed E-state index contributed by atoms with van der Waals surface area (Å²) in [6.45, 7) is 1.66. The van der Waals surface area contributed by atoms with Gasteiger partial charge in [-0.3, -0.25) is 4.79 Å². The van der Waals surface area contributed by atoms with E-state index in [0.29, 0.717) is 5.92 Å². The number of hydrogen-bond acceptors (Lipinski definition) is 5. The van der Waals surface area contributed by atoms with Crippen molar-refractivity contribution in [1.82, 2.24) is 14.3 Å². The third-order valence-electron chi connectivity index (χ3n) is 4.72. The Hall–Kier alpha value is -1.95. The number of benzene rings is 1. The fraction of sp³-hybridized carbons (Fsp3) is 0.500. The van der Waals surface area contributed by atoms with Gasteiger partial charge in [0.1, 0.15) is 11.9 Å². The van der Waals surface area contributed by atoms with Crippen LogP contribution in [0.2, 0.25) is 0 Å². The van der Waals surface area contributed by atoms with Crippen LogP contribution in [-0.4, -0.2) is 39.3 Å². The van der Waals surface area contributed by atoms with Crippen molar-refractivity contribution in [2.45, 2.75) is 44.1 Å². The maximum absolute atomic E-state index is 12.5. The molecule has 4 rings (SSSR count). The minimum Gasteiger partial charge on any atom is -0.348 e. The molecule has 1 saturated carbocycles. The zero-order chi connectivity index (χ0) is 16.4. The Kier molecular flexibility index (Phi) is 4.47. The second-order valence-electron chi connectivity index (χ2n) is 6.63. The lowest BCUT2D eigenvalue weighted by molar-refractivity contribution is -0.128. The summed E-state index contributed by atoms with van der Waals surface area (Å²) in [5, 5.41) is 4.08. The molecule has 24 heavy (non-hydrogen) atoms. The van der Waals surface area contributed by atoms with E-state index in [9.17, 15) is 4.79 Å². The molecule has 2 heterocycles. The van der Waals surface area contributed by atoms with Gasteiger partial charge < -0.3 is 10.2 Å². The fourth-order valence-electron chi connectivity index (χ4n) is 3.16. The topological polar surface area (TPSA) is 58.1 Å². The van der Waals surface area contributed by atoms with Crippen molar-refractivity contribution >= 4 is 22.6 Å². The van der Waals surface area contributed by atoms with Gasteiger partial charge in [-0.05, 0) is 37.7 Å². The highest BCUT2D eigenvalue weighted by molar-refractivity contribution is 7.09. The molecule has 2 fully saturated rings. The quantitative estimate of drug-likeness (QED) is 0.840. The van der Waals surface area contributed by atoms with Crippen LogP contribution in [-0.2, 0) is 11.2 Å². The second kappa shape index (κ2) is 6.89. The lowest BCUT2D eigenvalue weighted by Gasteiger charge is -2.16. The SMILES string of the molecule is O=C1C(Nc2nc(C3CC3)ns2)CCN1CCCc1ccccc1. The molecule has 0 radical (unpaired) electrons. The predicted octanol–water partition coefficient (Wildman–Crippen LogP) is 3.06. The van der Waals surface area contributed by atoms with Crippen molar-refractivity contribution in [3.63, 3.8) is 0 Å². The van der Waals surface area contributed by atoms with Crippen LogP contribution in [0.3, 0.4) is 0 Å². The lowest BCUT2D eigenvalue weighted by Crippen LogP contribution is -2.34. The average molecular weight is 342 g/mol. The molecule has 5 nitrogen and oxygen atoms in total. The van der Waals surface area contributed by atoms with Gasteiger partial charge >= 0.3 is 0 Å². The van der Waals surface area contributed by atoms with Gasteiger partial charge in [-0.25, -0.2) is 4.98 Å². The highest BCUT2D eigenvalue weighted by atomic mass is 32.1. The number of carbonyl (C=O) groups excluding carboxylic acids is 1. The third kappa shape index (κ3) is 3.59. The van der Waals surface area contributed by atoms with E-state index in [-0.39, 0.29) is 11.9 Å². The molecule has 1 unspecified atom stereocenters. The van der Waals surface area contributed by atoms with E-state index >= 15 is 0 Å². The Morgan fingerprint density at radius 3 is 2.83 bits per heavy atom. The first-order valence-corrected chi connectivity index (χ1v) is 9.50.